The summed E-state index contributed by atoms with van der Waals surface area (Å²) in [5.74, 6) is 0.985. The van der Waals surface area contributed by atoms with Crippen molar-refractivity contribution in [3.05, 3.63) is 42.1 Å². The van der Waals surface area contributed by atoms with E-state index in [0.29, 0.717) is 25.2 Å². The molecule has 0 radical (unpaired) electrons. The van der Waals surface area contributed by atoms with Gasteiger partial charge in [-0.3, -0.25) is 14.3 Å². The van der Waals surface area contributed by atoms with Crippen LogP contribution in [0.5, 0.6) is 5.75 Å². The number of aromatic nitrogens is 2. The van der Waals surface area contributed by atoms with Crippen molar-refractivity contribution in [1.82, 2.24) is 15.1 Å². The minimum atomic E-state index is -0.474. The van der Waals surface area contributed by atoms with Crippen LogP contribution in [-0.4, -0.2) is 34.7 Å². The summed E-state index contributed by atoms with van der Waals surface area (Å²) in [4.78, 5) is 23.5. The van der Waals surface area contributed by atoms with Gasteiger partial charge in [0.2, 0.25) is 11.8 Å². The topological polar surface area (TPSA) is 85.2 Å². The molecule has 0 spiro atoms. The Morgan fingerprint density at radius 1 is 1.38 bits per heavy atom. The van der Waals surface area contributed by atoms with E-state index in [-0.39, 0.29) is 11.8 Å². The molecule has 0 saturated carbocycles. The highest BCUT2D eigenvalue weighted by Gasteiger charge is 2.24. The first-order valence-electron chi connectivity index (χ1n) is 7.90. The number of ether oxygens (including phenoxy) is 1. The average molecular weight is 328 g/mol. The van der Waals surface area contributed by atoms with E-state index >= 15 is 0 Å². The second-order valence-corrected chi connectivity index (χ2v) is 5.75. The Hall–Kier alpha value is -2.83. The van der Waals surface area contributed by atoms with Crippen LogP contribution in [-0.2, 0) is 16.1 Å². The molecule has 24 heavy (non-hydrogen) atoms. The first-order chi connectivity index (χ1) is 11.6. The van der Waals surface area contributed by atoms with E-state index in [1.54, 1.807) is 24.1 Å². The molecule has 0 unspecified atom stereocenters. The molecule has 3 rings (SSSR count). The number of hydrogen-bond acceptors (Lipinski definition) is 4. The summed E-state index contributed by atoms with van der Waals surface area (Å²) in [6, 6.07) is 9.00. The van der Waals surface area contributed by atoms with Gasteiger partial charge in [-0.15, -0.1) is 0 Å². The number of carbonyl (C=O) groups excluding carboxylic acids is 2. The Morgan fingerprint density at radius 2 is 2.17 bits per heavy atom. The lowest BCUT2D eigenvalue weighted by atomic mass is 10.0. The molecule has 126 valence electrons. The van der Waals surface area contributed by atoms with E-state index in [4.69, 9.17) is 4.74 Å². The molecule has 1 fully saturated rings. The van der Waals surface area contributed by atoms with Crippen molar-refractivity contribution >= 4 is 17.6 Å². The number of hydrogen-bond donors (Lipinski definition) is 2. The fraction of sp³-hybridized carbons (Fsp3) is 0.353. The van der Waals surface area contributed by atoms with Crippen LogP contribution in [0.3, 0.4) is 0 Å². The maximum Gasteiger partial charge on any atom is 0.248 e. The van der Waals surface area contributed by atoms with Gasteiger partial charge in [0.1, 0.15) is 11.8 Å². The molecule has 1 aliphatic heterocycles. The minimum Gasteiger partial charge on any atom is -0.497 e. The zero-order valence-corrected chi connectivity index (χ0v) is 13.5. The van der Waals surface area contributed by atoms with Gasteiger partial charge in [0, 0.05) is 18.7 Å². The summed E-state index contributed by atoms with van der Waals surface area (Å²) in [7, 11) is 1.63. The molecule has 1 saturated heterocycles. The molecular weight excluding hydrogens is 308 g/mol. The Bertz CT molecular complexity index is 724. The summed E-state index contributed by atoms with van der Waals surface area (Å²) in [5.41, 5.74) is 1.08. The average Bonchev–Trinajstić information content (AvgIpc) is 3.02. The molecule has 0 aliphatic carbocycles. The van der Waals surface area contributed by atoms with Crippen LogP contribution >= 0.6 is 0 Å². The Labute approximate surface area is 140 Å². The van der Waals surface area contributed by atoms with Crippen molar-refractivity contribution in [3.63, 3.8) is 0 Å². The number of piperidine rings is 1. The normalized spacial score (nSPS) is 17.2. The number of amides is 2. The van der Waals surface area contributed by atoms with Crippen LogP contribution in [0.15, 0.2) is 36.5 Å². The predicted octanol–water partition coefficient (Wildman–Crippen LogP) is 1.55. The second kappa shape index (κ2) is 7.16. The van der Waals surface area contributed by atoms with Crippen LogP contribution < -0.4 is 15.4 Å². The number of carbonyl (C=O) groups is 2. The van der Waals surface area contributed by atoms with E-state index in [9.17, 15) is 9.59 Å². The summed E-state index contributed by atoms with van der Waals surface area (Å²) < 4.78 is 6.88. The molecule has 1 atom stereocenters. The van der Waals surface area contributed by atoms with Crippen molar-refractivity contribution in [1.29, 1.82) is 0 Å². The third-order valence-electron chi connectivity index (χ3n) is 3.94. The fourth-order valence-corrected chi connectivity index (χ4v) is 2.65. The molecule has 1 aromatic heterocycles. The van der Waals surface area contributed by atoms with Gasteiger partial charge in [-0.1, -0.05) is 12.1 Å². The molecule has 1 aromatic carbocycles. The van der Waals surface area contributed by atoms with Gasteiger partial charge >= 0.3 is 0 Å². The lowest BCUT2D eigenvalue weighted by Crippen LogP contribution is -2.46. The van der Waals surface area contributed by atoms with E-state index in [1.165, 1.54) is 0 Å². The molecule has 2 heterocycles. The zero-order valence-electron chi connectivity index (χ0n) is 13.5. The molecule has 7 heteroatoms. The number of benzene rings is 1. The standard InChI is InChI=1S/C17H20N4O3/c1-24-13-7-5-12(6-8-13)11-21-10-9-15(20-21)19-17(23)14-3-2-4-16(22)18-14/h5-10,14H,2-4,11H2,1H3,(H,18,22)(H,19,20,23)/t14-/m1/s1. The van der Waals surface area contributed by atoms with E-state index in [2.05, 4.69) is 15.7 Å². The Morgan fingerprint density at radius 3 is 2.88 bits per heavy atom. The van der Waals surface area contributed by atoms with E-state index < -0.39 is 6.04 Å². The third-order valence-corrected chi connectivity index (χ3v) is 3.94. The van der Waals surface area contributed by atoms with E-state index in [0.717, 1.165) is 17.7 Å². The monoisotopic (exact) mass is 328 g/mol. The highest BCUT2D eigenvalue weighted by atomic mass is 16.5. The fourth-order valence-electron chi connectivity index (χ4n) is 2.65. The van der Waals surface area contributed by atoms with Gasteiger partial charge < -0.3 is 15.4 Å². The number of methoxy groups -OCH3 is 1. The smallest absolute Gasteiger partial charge is 0.248 e. The predicted molar refractivity (Wildman–Crippen MR) is 88.7 cm³/mol. The lowest BCUT2D eigenvalue weighted by molar-refractivity contribution is -0.128. The van der Waals surface area contributed by atoms with Crippen molar-refractivity contribution in [3.8, 4) is 5.75 Å². The number of anilines is 1. The van der Waals surface area contributed by atoms with Crippen LogP contribution in [0.2, 0.25) is 0 Å². The van der Waals surface area contributed by atoms with Crippen LogP contribution in [0.25, 0.3) is 0 Å². The maximum absolute atomic E-state index is 12.2. The number of nitrogens with one attached hydrogen (secondary N) is 2. The molecule has 7 nitrogen and oxygen atoms in total. The van der Waals surface area contributed by atoms with Gasteiger partial charge in [-0.05, 0) is 30.5 Å². The summed E-state index contributed by atoms with van der Waals surface area (Å²) in [5, 5.41) is 9.79. The minimum absolute atomic E-state index is 0.0774. The number of nitrogens with zero attached hydrogens (tertiary/aromatic N) is 2. The highest BCUT2D eigenvalue weighted by Crippen LogP contribution is 2.14. The molecule has 0 bridgehead atoms. The van der Waals surface area contributed by atoms with Gasteiger partial charge in [0.25, 0.3) is 0 Å². The summed E-state index contributed by atoms with van der Waals surface area (Å²) in [6.07, 6.45) is 3.68. The molecule has 2 amide bonds. The SMILES string of the molecule is COc1ccc(Cn2ccc(NC(=O)[C@H]3CCCC(=O)N3)n2)cc1. The van der Waals surface area contributed by atoms with Crippen molar-refractivity contribution in [2.45, 2.75) is 31.8 Å². The second-order valence-electron chi connectivity index (χ2n) is 5.75. The Balaban J connectivity index is 1.58. The first-order valence-corrected chi connectivity index (χ1v) is 7.90. The lowest BCUT2D eigenvalue weighted by Gasteiger charge is -2.21. The summed E-state index contributed by atoms with van der Waals surface area (Å²) >= 11 is 0. The van der Waals surface area contributed by atoms with Crippen LogP contribution in [0.4, 0.5) is 5.82 Å². The third kappa shape index (κ3) is 3.92. The quantitative estimate of drug-likeness (QED) is 0.872. The maximum atomic E-state index is 12.2. The Kier molecular flexibility index (Phi) is 4.79. The van der Waals surface area contributed by atoms with Gasteiger partial charge in [0.15, 0.2) is 5.82 Å². The van der Waals surface area contributed by atoms with Crippen molar-refractivity contribution in [2.24, 2.45) is 0 Å². The highest BCUT2D eigenvalue weighted by molar-refractivity contribution is 5.97. The van der Waals surface area contributed by atoms with Crippen molar-refractivity contribution < 1.29 is 14.3 Å². The first kappa shape index (κ1) is 16.0. The largest absolute Gasteiger partial charge is 0.497 e. The van der Waals surface area contributed by atoms with Gasteiger partial charge in [-0.25, -0.2) is 0 Å². The molecule has 1 aliphatic rings. The van der Waals surface area contributed by atoms with E-state index in [1.807, 2.05) is 24.3 Å². The molecule has 2 aromatic rings. The number of rotatable bonds is 5. The summed E-state index contributed by atoms with van der Waals surface area (Å²) in [6.45, 7) is 0.597. The van der Waals surface area contributed by atoms with Gasteiger partial charge in [0.05, 0.1) is 13.7 Å². The molecule has 2 N–H and O–H groups in total. The zero-order chi connectivity index (χ0) is 16.9. The van der Waals surface area contributed by atoms with Crippen LogP contribution in [0.1, 0.15) is 24.8 Å². The van der Waals surface area contributed by atoms with Crippen LogP contribution in [0, 0.1) is 0 Å². The molecular formula is C17H20N4O3. The van der Waals surface area contributed by atoms with Crippen molar-refractivity contribution in [2.75, 3.05) is 12.4 Å². The van der Waals surface area contributed by atoms with Gasteiger partial charge in [-0.2, -0.15) is 5.10 Å².